The van der Waals surface area contributed by atoms with Gasteiger partial charge in [0, 0.05) is 6.04 Å². The lowest BCUT2D eigenvalue weighted by molar-refractivity contribution is -0.141. The highest BCUT2D eigenvalue weighted by molar-refractivity contribution is 5.96. The van der Waals surface area contributed by atoms with Crippen LogP contribution in [0.5, 0.6) is 0 Å². The van der Waals surface area contributed by atoms with E-state index in [0.717, 1.165) is 12.5 Å². The van der Waals surface area contributed by atoms with Gasteiger partial charge in [0.1, 0.15) is 23.2 Å². The van der Waals surface area contributed by atoms with Crippen LogP contribution < -0.4 is 5.32 Å². The van der Waals surface area contributed by atoms with Crippen LogP contribution in [0.15, 0.2) is 18.2 Å². The molecule has 2 fully saturated rings. The standard InChI is InChI=1S/C17H20F3N3O3/c1-16(2,3)26-15(25)23-10-7-9(10)8-11(23)14(24)22-13-6-4-5-12(21-13)17(18,19)20/h4-6,9-11H,7-8H2,1-3H3,(H,21,22,24)/t9-,10-,11-/m1/s1. The minimum Gasteiger partial charge on any atom is -0.444 e. The predicted octanol–water partition coefficient (Wildman–Crippen LogP) is 3.44. The molecule has 0 unspecified atom stereocenters. The summed E-state index contributed by atoms with van der Waals surface area (Å²) in [5, 5.41) is 2.39. The SMILES string of the molecule is CC(C)(C)OC(=O)N1[C@@H](C(=O)Nc2cccc(C(F)(F)F)n2)C[C@H]2C[C@H]21. The highest BCUT2D eigenvalue weighted by Crippen LogP contribution is 2.48. The molecule has 1 saturated heterocycles. The van der Waals surface area contributed by atoms with Gasteiger partial charge in [-0.15, -0.1) is 0 Å². The molecule has 1 saturated carbocycles. The molecule has 1 aromatic rings. The Hall–Kier alpha value is -2.32. The van der Waals surface area contributed by atoms with Crippen LogP contribution in [-0.4, -0.2) is 39.6 Å². The Labute approximate surface area is 148 Å². The number of amides is 2. The molecule has 1 aliphatic carbocycles. The number of ether oxygens (including phenoxy) is 1. The van der Waals surface area contributed by atoms with E-state index in [1.54, 1.807) is 20.8 Å². The van der Waals surface area contributed by atoms with Crippen molar-refractivity contribution in [2.45, 2.75) is 57.5 Å². The van der Waals surface area contributed by atoms with Gasteiger partial charge in [0.2, 0.25) is 5.91 Å². The van der Waals surface area contributed by atoms with Gasteiger partial charge >= 0.3 is 12.3 Å². The van der Waals surface area contributed by atoms with Crippen LogP contribution in [0.1, 0.15) is 39.3 Å². The third kappa shape index (κ3) is 3.91. The fourth-order valence-corrected chi connectivity index (χ4v) is 3.14. The first-order valence-electron chi connectivity index (χ1n) is 8.32. The molecule has 0 aromatic carbocycles. The minimum atomic E-state index is -4.60. The number of pyridine rings is 1. The second-order valence-corrected chi connectivity index (χ2v) is 7.60. The van der Waals surface area contributed by atoms with Gasteiger partial charge in [0.15, 0.2) is 0 Å². The summed E-state index contributed by atoms with van der Waals surface area (Å²) in [7, 11) is 0. The summed E-state index contributed by atoms with van der Waals surface area (Å²) in [5.74, 6) is -0.530. The van der Waals surface area contributed by atoms with Crippen molar-refractivity contribution in [1.29, 1.82) is 0 Å². The quantitative estimate of drug-likeness (QED) is 0.865. The number of fused-ring (bicyclic) bond motifs is 1. The summed E-state index contributed by atoms with van der Waals surface area (Å²) in [6.45, 7) is 5.19. The zero-order chi connectivity index (χ0) is 19.3. The highest BCUT2D eigenvalue weighted by atomic mass is 19.4. The Morgan fingerprint density at radius 3 is 2.54 bits per heavy atom. The van der Waals surface area contributed by atoms with Crippen molar-refractivity contribution in [1.82, 2.24) is 9.88 Å². The number of nitrogens with one attached hydrogen (secondary N) is 1. The fraction of sp³-hybridized carbons (Fsp3) is 0.588. The molecule has 1 N–H and O–H groups in total. The van der Waals surface area contributed by atoms with Crippen molar-refractivity contribution in [2.75, 3.05) is 5.32 Å². The molecule has 142 valence electrons. The first kappa shape index (κ1) is 18.5. The van der Waals surface area contributed by atoms with Gasteiger partial charge in [0.25, 0.3) is 0 Å². The Morgan fingerprint density at radius 1 is 1.23 bits per heavy atom. The van der Waals surface area contributed by atoms with E-state index >= 15 is 0 Å². The Morgan fingerprint density at radius 2 is 1.92 bits per heavy atom. The average molecular weight is 371 g/mol. The van der Waals surface area contributed by atoms with E-state index in [4.69, 9.17) is 4.74 Å². The van der Waals surface area contributed by atoms with Crippen molar-refractivity contribution in [2.24, 2.45) is 5.92 Å². The summed E-state index contributed by atoms with van der Waals surface area (Å²) in [4.78, 5) is 29.8. The number of halogens is 3. The molecule has 2 aliphatic rings. The molecular weight excluding hydrogens is 351 g/mol. The summed E-state index contributed by atoms with van der Waals surface area (Å²) in [6.07, 6.45) is -3.91. The Bertz CT molecular complexity index is 730. The molecule has 2 heterocycles. The summed E-state index contributed by atoms with van der Waals surface area (Å²) in [5.41, 5.74) is -1.79. The lowest BCUT2D eigenvalue weighted by atomic mass is 10.1. The number of aromatic nitrogens is 1. The smallest absolute Gasteiger partial charge is 0.433 e. The van der Waals surface area contributed by atoms with Crippen LogP contribution >= 0.6 is 0 Å². The van der Waals surface area contributed by atoms with Gasteiger partial charge in [-0.25, -0.2) is 9.78 Å². The molecule has 0 radical (unpaired) electrons. The van der Waals surface area contributed by atoms with Crippen LogP contribution in [0.3, 0.4) is 0 Å². The second kappa shape index (κ2) is 6.14. The van der Waals surface area contributed by atoms with Gasteiger partial charge in [-0.3, -0.25) is 9.69 Å². The number of carbonyl (C=O) groups excluding carboxylic acids is 2. The number of hydrogen-bond donors (Lipinski definition) is 1. The fourth-order valence-electron chi connectivity index (χ4n) is 3.14. The predicted molar refractivity (Wildman–Crippen MR) is 86.2 cm³/mol. The van der Waals surface area contributed by atoms with Gasteiger partial charge in [0.05, 0.1) is 0 Å². The molecule has 0 bridgehead atoms. The van der Waals surface area contributed by atoms with E-state index in [1.165, 1.54) is 17.0 Å². The van der Waals surface area contributed by atoms with Crippen LogP contribution in [0.4, 0.5) is 23.8 Å². The lowest BCUT2D eigenvalue weighted by Crippen LogP contribution is -2.47. The molecule has 3 atom stereocenters. The number of hydrogen-bond acceptors (Lipinski definition) is 4. The maximum atomic E-state index is 12.7. The first-order chi connectivity index (χ1) is 12.0. The number of piperidine rings is 1. The van der Waals surface area contributed by atoms with E-state index in [2.05, 4.69) is 10.3 Å². The van der Waals surface area contributed by atoms with Crippen LogP contribution in [0, 0.1) is 5.92 Å². The lowest BCUT2D eigenvalue weighted by Gasteiger charge is -2.29. The Balaban J connectivity index is 1.72. The largest absolute Gasteiger partial charge is 0.444 e. The van der Waals surface area contributed by atoms with E-state index in [-0.39, 0.29) is 17.8 Å². The van der Waals surface area contributed by atoms with Crippen molar-refractivity contribution in [3.63, 3.8) is 0 Å². The molecule has 3 rings (SSSR count). The van der Waals surface area contributed by atoms with E-state index in [0.29, 0.717) is 6.42 Å². The third-order valence-electron chi connectivity index (χ3n) is 4.30. The van der Waals surface area contributed by atoms with Gasteiger partial charge < -0.3 is 10.1 Å². The monoisotopic (exact) mass is 371 g/mol. The van der Waals surface area contributed by atoms with Crippen molar-refractivity contribution < 1.29 is 27.5 Å². The van der Waals surface area contributed by atoms with Gasteiger partial charge in [-0.05, 0) is 51.7 Å². The first-order valence-corrected chi connectivity index (χ1v) is 8.32. The molecule has 26 heavy (non-hydrogen) atoms. The van der Waals surface area contributed by atoms with E-state index in [1.807, 2.05) is 0 Å². The third-order valence-corrected chi connectivity index (χ3v) is 4.30. The van der Waals surface area contributed by atoms with Crippen molar-refractivity contribution in [3.05, 3.63) is 23.9 Å². The summed E-state index contributed by atoms with van der Waals surface area (Å²) >= 11 is 0. The molecule has 6 nitrogen and oxygen atoms in total. The zero-order valence-electron chi connectivity index (χ0n) is 14.6. The topological polar surface area (TPSA) is 71.5 Å². The highest BCUT2D eigenvalue weighted by Gasteiger charge is 2.57. The minimum absolute atomic E-state index is 0.0462. The zero-order valence-corrected chi connectivity index (χ0v) is 14.6. The molecular formula is C17H20F3N3O3. The molecule has 2 amide bonds. The molecule has 9 heteroatoms. The van der Waals surface area contributed by atoms with Gasteiger partial charge in [-0.2, -0.15) is 13.2 Å². The molecule has 0 spiro atoms. The van der Waals surface area contributed by atoms with Crippen LogP contribution in [0.25, 0.3) is 0 Å². The summed E-state index contributed by atoms with van der Waals surface area (Å²) in [6, 6.07) is 2.46. The second-order valence-electron chi connectivity index (χ2n) is 7.60. The average Bonchev–Trinajstić information content (AvgIpc) is 3.14. The molecule has 1 aromatic heterocycles. The van der Waals surface area contributed by atoms with E-state index in [9.17, 15) is 22.8 Å². The number of rotatable bonds is 2. The number of nitrogens with zero attached hydrogens (tertiary/aromatic N) is 2. The van der Waals surface area contributed by atoms with Crippen LogP contribution in [-0.2, 0) is 15.7 Å². The van der Waals surface area contributed by atoms with Crippen LogP contribution in [0.2, 0.25) is 0 Å². The number of alkyl halides is 3. The number of likely N-dealkylation sites (tertiary alicyclic amines) is 1. The number of carbonyl (C=O) groups is 2. The maximum absolute atomic E-state index is 12.7. The Kier molecular flexibility index (Phi) is 4.36. The number of anilines is 1. The van der Waals surface area contributed by atoms with Crippen molar-refractivity contribution >= 4 is 17.8 Å². The molecule has 1 aliphatic heterocycles. The van der Waals surface area contributed by atoms with Gasteiger partial charge in [-0.1, -0.05) is 6.07 Å². The summed E-state index contributed by atoms with van der Waals surface area (Å²) < 4.78 is 43.6. The maximum Gasteiger partial charge on any atom is 0.433 e. The van der Waals surface area contributed by atoms with Crippen molar-refractivity contribution in [3.8, 4) is 0 Å². The van der Waals surface area contributed by atoms with E-state index < -0.39 is 35.5 Å². The normalized spacial score (nSPS) is 24.8.